The highest BCUT2D eigenvalue weighted by atomic mass is 19.1. The number of para-hydroxylation sites is 1. The number of hydrogen-bond donors (Lipinski definition) is 0. The van der Waals surface area contributed by atoms with Crippen LogP contribution in [0.1, 0.15) is 27.0 Å². The summed E-state index contributed by atoms with van der Waals surface area (Å²) in [5, 5.41) is 5.28. The van der Waals surface area contributed by atoms with Gasteiger partial charge in [-0.15, -0.1) is 0 Å². The van der Waals surface area contributed by atoms with Gasteiger partial charge in [-0.2, -0.15) is 5.10 Å². The predicted octanol–water partition coefficient (Wildman–Crippen LogP) is 5.76. The van der Waals surface area contributed by atoms with Gasteiger partial charge in [0.2, 0.25) is 0 Å². The van der Waals surface area contributed by atoms with Crippen molar-refractivity contribution < 1.29 is 18.3 Å². The molecule has 35 heavy (non-hydrogen) atoms. The van der Waals surface area contributed by atoms with E-state index >= 15 is 0 Å². The summed E-state index contributed by atoms with van der Waals surface area (Å²) in [6.07, 6.45) is 1.58. The van der Waals surface area contributed by atoms with Crippen LogP contribution in [0.5, 0.6) is 0 Å². The molecule has 0 saturated carbocycles. The zero-order valence-electron chi connectivity index (χ0n) is 19.1. The minimum atomic E-state index is -0.614. The second kappa shape index (κ2) is 9.02. The van der Waals surface area contributed by atoms with E-state index in [1.165, 1.54) is 18.2 Å². The van der Waals surface area contributed by atoms with Crippen LogP contribution in [-0.4, -0.2) is 15.7 Å². The second-order valence-electron chi connectivity index (χ2n) is 8.23. The van der Waals surface area contributed by atoms with Crippen molar-refractivity contribution >= 4 is 16.9 Å². The van der Waals surface area contributed by atoms with Gasteiger partial charge in [0.15, 0.2) is 0 Å². The normalized spacial score (nSPS) is 11.1. The molecule has 174 valence electrons. The fourth-order valence-electron chi connectivity index (χ4n) is 3.92. The van der Waals surface area contributed by atoms with E-state index in [0.717, 1.165) is 16.8 Å². The molecule has 0 amide bonds. The van der Waals surface area contributed by atoms with Crippen molar-refractivity contribution in [2.45, 2.75) is 20.5 Å². The number of benzene rings is 3. The Bertz CT molecular complexity index is 1600. The van der Waals surface area contributed by atoms with Crippen LogP contribution < -0.4 is 5.63 Å². The van der Waals surface area contributed by atoms with Crippen LogP contribution in [0.4, 0.5) is 4.39 Å². The lowest BCUT2D eigenvalue weighted by Crippen LogP contribution is -2.09. The molecule has 0 radical (unpaired) electrons. The lowest BCUT2D eigenvalue weighted by atomic mass is 10.0. The van der Waals surface area contributed by atoms with E-state index in [9.17, 15) is 14.0 Å². The van der Waals surface area contributed by atoms with Crippen molar-refractivity contribution in [3.8, 4) is 16.9 Å². The maximum absolute atomic E-state index is 13.5. The van der Waals surface area contributed by atoms with E-state index in [2.05, 4.69) is 5.10 Å². The van der Waals surface area contributed by atoms with Gasteiger partial charge in [-0.25, -0.2) is 18.7 Å². The van der Waals surface area contributed by atoms with Crippen molar-refractivity contribution in [3.05, 3.63) is 117 Å². The first-order chi connectivity index (χ1) is 16.9. The van der Waals surface area contributed by atoms with Crippen LogP contribution in [0.3, 0.4) is 0 Å². The van der Waals surface area contributed by atoms with Crippen molar-refractivity contribution in [2.75, 3.05) is 0 Å². The molecule has 0 atom stereocenters. The average Bonchev–Trinajstić information content (AvgIpc) is 3.31. The Morgan fingerprint density at radius 3 is 2.51 bits per heavy atom. The summed E-state index contributed by atoms with van der Waals surface area (Å²) in [4.78, 5) is 25.4. The van der Waals surface area contributed by atoms with Gasteiger partial charge in [-0.3, -0.25) is 0 Å². The number of hydrogen-bond acceptors (Lipinski definition) is 5. The van der Waals surface area contributed by atoms with Crippen LogP contribution in [0.25, 0.3) is 27.9 Å². The first-order valence-corrected chi connectivity index (χ1v) is 11.0. The highest BCUT2D eigenvalue weighted by Gasteiger charge is 2.21. The lowest BCUT2D eigenvalue weighted by Gasteiger charge is -2.10. The van der Waals surface area contributed by atoms with Gasteiger partial charge in [0.25, 0.3) is 0 Å². The zero-order valence-corrected chi connectivity index (χ0v) is 19.1. The first-order valence-electron chi connectivity index (χ1n) is 11.0. The topological polar surface area (TPSA) is 74.3 Å². The number of rotatable bonds is 5. The summed E-state index contributed by atoms with van der Waals surface area (Å²) in [5.74, 6) is -1.00. The van der Waals surface area contributed by atoms with Gasteiger partial charge in [0, 0.05) is 28.8 Å². The quantitative estimate of drug-likeness (QED) is 0.242. The largest absolute Gasteiger partial charge is 0.457 e. The number of esters is 1. The Kier molecular flexibility index (Phi) is 5.74. The summed E-state index contributed by atoms with van der Waals surface area (Å²) in [5.41, 5.74) is 4.28. The number of carbonyl (C=O) groups is 1. The van der Waals surface area contributed by atoms with Gasteiger partial charge in [0.05, 0.1) is 5.69 Å². The first kappa shape index (κ1) is 22.3. The van der Waals surface area contributed by atoms with E-state index in [0.29, 0.717) is 27.8 Å². The fraction of sp³-hybridized carbons (Fsp3) is 0.107. The summed E-state index contributed by atoms with van der Waals surface area (Å²) in [6.45, 7) is 3.69. The molecule has 3 aromatic carbocycles. The van der Waals surface area contributed by atoms with E-state index < -0.39 is 11.6 Å². The molecule has 6 nitrogen and oxygen atoms in total. The third kappa shape index (κ3) is 4.36. The van der Waals surface area contributed by atoms with E-state index in [4.69, 9.17) is 9.15 Å². The van der Waals surface area contributed by atoms with E-state index in [1.54, 1.807) is 23.0 Å². The van der Waals surface area contributed by atoms with Crippen molar-refractivity contribution in [1.29, 1.82) is 0 Å². The molecule has 0 aliphatic rings. The molecule has 2 heterocycles. The number of aryl methyl sites for hydroxylation is 2. The molecule has 2 aromatic heterocycles. The molecule has 0 aliphatic heterocycles. The van der Waals surface area contributed by atoms with Gasteiger partial charge in [-0.05, 0) is 61.4 Å². The molecule has 0 bridgehead atoms. The highest BCUT2D eigenvalue weighted by Crippen LogP contribution is 2.27. The van der Waals surface area contributed by atoms with Crippen LogP contribution >= 0.6 is 0 Å². The van der Waals surface area contributed by atoms with Crippen LogP contribution in [0, 0.1) is 19.7 Å². The molecule has 0 saturated heterocycles. The molecule has 0 aliphatic carbocycles. The molecule has 0 fully saturated rings. The summed E-state index contributed by atoms with van der Waals surface area (Å²) >= 11 is 0. The Labute approximate surface area is 200 Å². The zero-order chi connectivity index (χ0) is 24.5. The van der Waals surface area contributed by atoms with Crippen LogP contribution in [0.15, 0.2) is 88.2 Å². The minimum Gasteiger partial charge on any atom is -0.457 e. The number of nitrogens with zero attached hydrogens (tertiary/aromatic N) is 2. The molecular weight excluding hydrogens is 447 g/mol. The van der Waals surface area contributed by atoms with Crippen molar-refractivity contribution in [3.63, 3.8) is 0 Å². The van der Waals surface area contributed by atoms with Crippen molar-refractivity contribution in [1.82, 2.24) is 9.78 Å². The van der Waals surface area contributed by atoms with Gasteiger partial charge in [0.1, 0.15) is 29.3 Å². The van der Waals surface area contributed by atoms with E-state index in [1.807, 2.05) is 56.3 Å². The number of fused-ring (bicyclic) bond motifs is 1. The monoisotopic (exact) mass is 468 g/mol. The SMILES string of the molecule is Cc1ccc2c(COC(=O)c3cn(-c4ccccc4)nc3-c3ccc(F)cc3)cc(=O)oc2c1C. The third-order valence-corrected chi connectivity index (χ3v) is 5.95. The molecule has 0 unspecified atom stereocenters. The number of ether oxygens (including phenoxy) is 1. The maximum Gasteiger partial charge on any atom is 0.342 e. The Morgan fingerprint density at radius 1 is 1.03 bits per heavy atom. The summed E-state index contributed by atoms with van der Waals surface area (Å²) < 4.78 is 26.1. The summed E-state index contributed by atoms with van der Waals surface area (Å²) in [6, 6.07) is 20.2. The average molecular weight is 468 g/mol. The number of carbonyl (C=O) groups excluding carboxylic acids is 1. The maximum atomic E-state index is 13.5. The molecule has 7 heteroatoms. The molecule has 0 N–H and O–H groups in total. The number of halogens is 1. The van der Waals surface area contributed by atoms with Crippen molar-refractivity contribution in [2.24, 2.45) is 0 Å². The smallest absolute Gasteiger partial charge is 0.342 e. The number of aromatic nitrogens is 2. The van der Waals surface area contributed by atoms with E-state index in [-0.39, 0.29) is 18.0 Å². The third-order valence-electron chi connectivity index (χ3n) is 5.95. The van der Waals surface area contributed by atoms with Gasteiger partial charge in [-0.1, -0.05) is 30.3 Å². The molecule has 0 spiro atoms. The highest BCUT2D eigenvalue weighted by molar-refractivity contribution is 5.96. The fourth-order valence-corrected chi connectivity index (χ4v) is 3.92. The predicted molar refractivity (Wildman–Crippen MR) is 130 cm³/mol. The van der Waals surface area contributed by atoms with Gasteiger partial charge >= 0.3 is 11.6 Å². The minimum absolute atomic E-state index is 0.122. The van der Waals surface area contributed by atoms with Crippen LogP contribution in [0.2, 0.25) is 0 Å². The Morgan fingerprint density at radius 2 is 1.77 bits per heavy atom. The Balaban J connectivity index is 1.51. The Hall–Kier alpha value is -4.52. The molecule has 5 rings (SSSR count). The van der Waals surface area contributed by atoms with Crippen LogP contribution in [-0.2, 0) is 11.3 Å². The second-order valence-corrected chi connectivity index (χ2v) is 8.23. The standard InChI is InChI=1S/C28H21FN2O4/c1-17-8-13-23-20(14-25(32)35-27(23)18(17)2)16-34-28(33)24-15-31(22-6-4-3-5-7-22)30-26(24)19-9-11-21(29)12-10-19/h3-15H,16H2,1-2H3. The molecular formula is C28H21FN2O4. The lowest BCUT2D eigenvalue weighted by molar-refractivity contribution is 0.0474. The van der Waals surface area contributed by atoms with Gasteiger partial charge < -0.3 is 9.15 Å². The molecule has 5 aromatic rings. The summed E-state index contributed by atoms with van der Waals surface area (Å²) in [7, 11) is 0.